The molecular formula is C30H43N5O4S. The molecule has 2 aromatic rings. The number of ether oxygens (including phenoxy) is 2. The number of carbonyl (C=O) groups is 2. The number of nitrogens with one attached hydrogen (secondary N) is 1. The lowest BCUT2D eigenvalue weighted by Crippen LogP contribution is -2.49. The van der Waals surface area contributed by atoms with Crippen molar-refractivity contribution in [1.29, 1.82) is 0 Å². The van der Waals surface area contributed by atoms with Crippen LogP contribution in [0.5, 0.6) is 11.5 Å². The predicted octanol–water partition coefficient (Wildman–Crippen LogP) is 5.23. The average molecular weight is 570 g/mol. The molecule has 1 N–H and O–H groups in total. The third-order valence-electron chi connectivity index (χ3n) is 7.91. The van der Waals surface area contributed by atoms with Gasteiger partial charge in [-0.1, -0.05) is 56.4 Å². The molecule has 0 bridgehead atoms. The molecule has 1 aromatic heterocycles. The largest absolute Gasteiger partial charge is 0.493 e. The SMILES string of the molecule is CCn1c(CNC(=O)C=Cc2ccc(OC)c(OC)c2)nnc1SCC(=O)N(C1CCCCC1)C1CCCCC1. The summed E-state index contributed by atoms with van der Waals surface area (Å²) in [4.78, 5) is 28.3. The second-order valence-corrected chi connectivity index (χ2v) is 11.4. The van der Waals surface area contributed by atoms with Gasteiger partial charge in [-0.3, -0.25) is 9.59 Å². The van der Waals surface area contributed by atoms with Crippen molar-refractivity contribution in [3.05, 3.63) is 35.7 Å². The number of hydrogen-bond donors (Lipinski definition) is 1. The Labute approximate surface area is 242 Å². The molecule has 2 saturated carbocycles. The summed E-state index contributed by atoms with van der Waals surface area (Å²) in [7, 11) is 3.16. The summed E-state index contributed by atoms with van der Waals surface area (Å²) < 4.78 is 12.6. The Bertz CT molecular complexity index is 1140. The molecule has 10 heteroatoms. The Hall–Kier alpha value is -3.01. The highest BCUT2D eigenvalue weighted by molar-refractivity contribution is 7.99. The summed E-state index contributed by atoms with van der Waals surface area (Å²) in [6, 6.07) is 6.23. The van der Waals surface area contributed by atoms with Crippen LogP contribution in [0.25, 0.3) is 6.08 Å². The standard InChI is InChI=1S/C30H43N5O4S/c1-4-34-27(20-31-28(36)18-16-22-15-17-25(38-2)26(19-22)39-3)32-33-30(34)40-21-29(37)35(23-11-7-5-8-12-23)24-13-9-6-10-14-24/h15-19,23-24H,4-14,20-21H2,1-3H3,(H,31,36). The summed E-state index contributed by atoms with van der Waals surface area (Å²) >= 11 is 1.45. The van der Waals surface area contributed by atoms with E-state index in [1.165, 1.54) is 56.4 Å². The van der Waals surface area contributed by atoms with Crippen LogP contribution in [0.3, 0.4) is 0 Å². The van der Waals surface area contributed by atoms with Crippen molar-refractivity contribution in [3.63, 3.8) is 0 Å². The maximum Gasteiger partial charge on any atom is 0.244 e. The van der Waals surface area contributed by atoms with Crippen LogP contribution in [0.2, 0.25) is 0 Å². The number of aromatic nitrogens is 3. The zero-order chi connectivity index (χ0) is 28.3. The molecule has 1 heterocycles. The first-order valence-corrected chi connectivity index (χ1v) is 15.6. The highest BCUT2D eigenvalue weighted by Gasteiger charge is 2.32. The lowest BCUT2D eigenvalue weighted by Gasteiger charge is -2.41. The van der Waals surface area contributed by atoms with Crippen molar-refractivity contribution >= 4 is 29.7 Å². The molecule has 4 rings (SSSR count). The molecule has 2 amide bonds. The Morgan fingerprint density at radius 1 is 1.00 bits per heavy atom. The van der Waals surface area contributed by atoms with E-state index in [2.05, 4.69) is 20.4 Å². The lowest BCUT2D eigenvalue weighted by atomic mass is 9.88. The van der Waals surface area contributed by atoms with Crippen molar-refractivity contribution in [3.8, 4) is 11.5 Å². The van der Waals surface area contributed by atoms with Crippen LogP contribution in [-0.2, 0) is 22.7 Å². The van der Waals surface area contributed by atoms with Gasteiger partial charge in [0.05, 0.1) is 26.5 Å². The van der Waals surface area contributed by atoms with Gasteiger partial charge < -0.3 is 24.3 Å². The third kappa shape index (κ3) is 7.80. The molecule has 1 aromatic carbocycles. The van der Waals surface area contributed by atoms with E-state index in [1.807, 2.05) is 23.6 Å². The van der Waals surface area contributed by atoms with Crippen LogP contribution < -0.4 is 14.8 Å². The molecule has 0 radical (unpaired) electrons. The topological polar surface area (TPSA) is 98.6 Å². The maximum atomic E-state index is 13.6. The fourth-order valence-corrected chi connectivity index (χ4v) is 6.74. The quantitative estimate of drug-likeness (QED) is 0.276. The second-order valence-electron chi connectivity index (χ2n) is 10.5. The first kappa shape index (κ1) is 30.0. The van der Waals surface area contributed by atoms with Crippen molar-refractivity contribution in [2.75, 3.05) is 20.0 Å². The molecule has 2 aliphatic rings. The lowest BCUT2D eigenvalue weighted by molar-refractivity contribution is -0.135. The summed E-state index contributed by atoms with van der Waals surface area (Å²) in [5, 5.41) is 12.3. The second kappa shape index (κ2) is 15.1. The van der Waals surface area contributed by atoms with Crippen molar-refractivity contribution in [1.82, 2.24) is 25.0 Å². The van der Waals surface area contributed by atoms with Crippen LogP contribution in [0, 0.1) is 0 Å². The highest BCUT2D eigenvalue weighted by Crippen LogP contribution is 2.31. The Kier molecular flexibility index (Phi) is 11.3. The molecule has 9 nitrogen and oxygen atoms in total. The minimum Gasteiger partial charge on any atom is -0.493 e. The van der Waals surface area contributed by atoms with Crippen LogP contribution in [0.15, 0.2) is 29.4 Å². The van der Waals surface area contributed by atoms with Crippen LogP contribution in [0.4, 0.5) is 0 Å². The van der Waals surface area contributed by atoms with Gasteiger partial charge in [-0.05, 0) is 56.4 Å². The minimum atomic E-state index is -0.236. The number of thioether (sulfide) groups is 1. The van der Waals surface area contributed by atoms with Gasteiger partial charge in [0, 0.05) is 24.7 Å². The number of carbonyl (C=O) groups excluding carboxylic acids is 2. The van der Waals surface area contributed by atoms with Gasteiger partial charge in [-0.25, -0.2) is 0 Å². The number of benzene rings is 1. The van der Waals surface area contributed by atoms with Gasteiger partial charge in [0.25, 0.3) is 0 Å². The Morgan fingerprint density at radius 2 is 1.65 bits per heavy atom. The molecule has 0 aliphatic heterocycles. The van der Waals surface area contributed by atoms with Gasteiger partial charge in [-0.15, -0.1) is 10.2 Å². The van der Waals surface area contributed by atoms with E-state index in [0.717, 1.165) is 31.2 Å². The minimum absolute atomic E-state index is 0.226. The first-order valence-electron chi connectivity index (χ1n) is 14.6. The van der Waals surface area contributed by atoms with Crippen molar-refractivity contribution < 1.29 is 19.1 Å². The molecule has 0 spiro atoms. The molecule has 0 unspecified atom stereocenters. The van der Waals surface area contributed by atoms with Crippen LogP contribution in [-0.4, -0.2) is 63.5 Å². The van der Waals surface area contributed by atoms with E-state index in [9.17, 15) is 9.59 Å². The Morgan fingerprint density at radius 3 is 2.25 bits per heavy atom. The first-order chi connectivity index (χ1) is 19.5. The number of amides is 2. The number of hydrogen-bond acceptors (Lipinski definition) is 7. The van der Waals surface area contributed by atoms with Crippen molar-refractivity contribution in [2.24, 2.45) is 0 Å². The van der Waals surface area contributed by atoms with Crippen LogP contribution >= 0.6 is 11.8 Å². The number of nitrogens with zero attached hydrogens (tertiary/aromatic N) is 4. The van der Waals surface area contributed by atoms with Gasteiger partial charge in [-0.2, -0.15) is 0 Å². The molecule has 0 saturated heterocycles. The zero-order valence-corrected chi connectivity index (χ0v) is 24.9. The molecule has 0 atom stereocenters. The molecular weight excluding hydrogens is 526 g/mol. The van der Waals surface area contributed by atoms with Gasteiger partial charge >= 0.3 is 0 Å². The summed E-state index contributed by atoms with van der Waals surface area (Å²) in [6.45, 7) is 2.93. The molecule has 2 aliphatic carbocycles. The monoisotopic (exact) mass is 569 g/mol. The third-order valence-corrected chi connectivity index (χ3v) is 8.87. The van der Waals surface area contributed by atoms with E-state index in [0.29, 0.717) is 46.9 Å². The number of rotatable bonds is 12. The van der Waals surface area contributed by atoms with E-state index in [-0.39, 0.29) is 18.4 Å². The molecule has 218 valence electrons. The van der Waals surface area contributed by atoms with E-state index >= 15 is 0 Å². The van der Waals surface area contributed by atoms with Gasteiger partial charge in [0.15, 0.2) is 22.5 Å². The fraction of sp³-hybridized carbons (Fsp3) is 0.600. The van der Waals surface area contributed by atoms with Gasteiger partial charge in [0.1, 0.15) is 0 Å². The van der Waals surface area contributed by atoms with Crippen molar-refractivity contribution in [2.45, 2.75) is 101 Å². The van der Waals surface area contributed by atoms with Crippen LogP contribution in [0.1, 0.15) is 82.5 Å². The maximum absolute atomic E-state index is 13.6. The predicted molar refractivity (Wildman–Crippen MR) is 157 cm³/mol. The Balaban J connectivity index is 1.33. The highest BCUT2D eigenvalue weighted by atomic mass is 32.2. The summed E-state index contributed by atoms with van der Waals surface area (Å²) in [5.41, 5.74) is 0.823. The summed E-state index contributed by atoms with van der Waals surface area (Å²) in [5.74, 6) is 2.26. The molecule has 40 heavy (non-hydrogen) atoms. The number of methoxy groups -OCH3 is 2. The van der Waals surface area contributed by atoms with E-state index in [1.54, 1.807) is 26.4 Å². The van der Waals surface area contributed by atoms with E-state index < -0.39 is 0 Å². The normalized spacial score (nSPS) is 16.7. The molecule has 2 fully saturated rings. The van der Waals surface area contributed by atoms with E-state index in [4.69, 9.17) is 9.47 Å². The zero-order valence-electron chi connectivity index (χ0n) is 24.1. The smallest absolute Gasteiger partial charge is 0.244 e. The average Bonchev–Trinajstić information content (AvgIpc) is 3.40. The summed E-state index contributed by atoms with van der Waals surface area (Å²) in [6.07, 6.45) is 15.1. The van der Waals surface area contributed by atoms with Gasteiger partial charge in [0.2, 0.25) is 11.8 Å². The fourth-order valence-electron chi connectivity index (χ4n) is 5.85.